The van der Waals surface area contributed by atoms with Gasteiger partial charge in [0.15, 0.2) is 0 Å². The molecule has 1 aliphatic rings. The lowest BCUT2D eigenvalue weighted by Crippen LogP contribution is -2.44. The second kappa shape index (κ2) is 6.60. The number of carbonyl (C=O) groups is 1. The lowest BCUT2D eigenvalue weighted by atomic mass is 10.1. The molecule has 1 amide bonds. The summed E-state index contributed by atoms with van der Waals surface area (Å²) in [6.45, 7) is 3.98. The minimum atomic E-state index is 0.127. The minimum absolute atomic E-state index is 0.127. The van der Waals surface area contributed by atoms with E-state index < -0.39 is 0 Å². The minimum Gasteiger partial charge on any atom is -0.375 e. The molecule has 1 aromatic rings. The van der Waals surface area contributed by atoms with Crippen molar-refractivity contribution in [3.05, 3.63) is 33.8 Å². The van der Waals surface area contributed by atoms with Crippen molar-refractivity contribution in [3.63, 3.8) is 0 Å². The first kappa shape index (κ1) is 14.6. The van der Waals surface area contributed by atoms with Crippen LogP contribution in [-0.4, -0.2) is 36.6 Å². The Labute approximate surface area is 123 Å². The number of hydrogen-bond donors (Lipinski definition) is 0. The van der Waals surface area contributed by atoms with E-state index in [0.29, 0.717) is 42.6 Å². The zero-order valence-corrected chi connectivity index (χ0v) is 12.4. The number of carbonyl (C=O) groups excluding carboxylic acids is 1. The fraction of sp³-hybridized carbons (Fsp3) is 0.500. The molecule has 1 atom stereocenters. The molecule has 5 heteroatoms. The van der Waals surface area contributed by atoms with Crippen LogP contribution in [0, 0.1) is 0 Å². The quantitative estimate of drug-likeness (QED) is 0.858. The first-order chi connectivity index (χ1) is 9.06. The van der Waals surface area contributed by atoms with Gasteiger partial charge >= 0.3 is 0 Å². The molecule has 1 saturated heterocycles. The average molecular weight is 302 g/mol. The van der Waals surface area contributed by atoms with Gasteiger partial charge in [-0.15, -0.1) is 0 Å². The predicted octanol–water partition coefficient (Wildman–Crippen LogP) is 3.17. The number of aryl methyl sites for hydroxylation is 1. The molecule has 1 heterocycles. The summed E-state index contributed by atoms with van der Waals surface area (Å²) in [5.74, 6) is 0.168. The van der Waals surface area contributed by atoms with E-state index in [-0.39, 0.29) is 12.0 Å². The van der Waals surface area contributed by atoms with E-state index in [0.717, 1.165) is 5.56 Å². The number of benzene rings is 1. The fourth-order valence-electron chi connectivity index (χ4n) is 2.15. The molecule has 0 spiro atoms. The summed E-state index contributed by atoms with van der Waals surface area (Å²) in [4.78, 5) is 13.9. The Morgan fingerprint density at radius 3 is 2.89 bits per heavy atom. The van der Waals surface area contributed by atoms with Crippen molar-refractivity contribution in [2.24, 2.45) is 0 Å². The standard InChI is InChI=1S/C14H17Cl2NO2/c1-10-9-17(6-7-19-10)14(18)5-3-11-2-4-12(15)13(16)8-11/h2,4,8,10H,3,5-7,9H2,1H3. The summed E-state index contributed by atoms with van der Waals surface area (Å²) in [7, 11) is 0. The number of rotatable bonds is 3. The van der Waals surface area contributed by atoms with Crippen molar-refractivity contribution in [1.82, 2.24) is 4.90 Å². The summed E-state index contributed by atoms with van der Waals surface area (Å²) in [5.41, 5.74) is 1.03. The monoisotopic (exact) mass is 301 g/mol. The van der Waals surface area contributed by atoms with E-state index in [4.69, 9.17) is 27.9 Å². The Kier molecular flexibility index (Phi) is 5.08. The van der Waals surface area contributed by atoms with E-state index in [2.05, 4.69) is 0 Å². The van der Waals surface area contributed by atoms with Gasteiger partial charge in [-0.3, -0.25) is 4.79 Å². The number of nitrogens with zero attached hydrogens (tertiary/aromatic N) is 1. The third-order valence-corrected chi connectivity index (χ3v) is 3.94. The Bertz CT molecular complexity index is 465. The average Bonchev–Trinajstić information content (AvgIpc) is 2.40. The molecule has 0 aromatic heterocycles. The number of halogens is 2. The van der Waals surface area contributed by atoms with Crippen molar-refractivity contribution in [1.29, 1.82) is 0 Å². The van der Waals surface area contributed by atoms with Gasteiger partial charge in [0.05, 0.1) is 22.8 Å². The van der Waals surface area contributed by atoms with Gasteiger partial charge in [0.2, 0.25) is 5.91 Å². The van der Waals surface area contributed by atoms with Gasteiger partial charge < -0.3 is 9.64 Å². The first-order valence-corrected chi connectivity index (χ1v) is 7.15. The van der Waals surface area contributed by atoms with Crippen molar-refractivity contribution < 1.29 is 9.53 Å². The zero-order valence-electron chi connectivity index (χ0n) is 10.9. The molecular formula is C14H17Cl2NO2. The molecule has 1 aliphatic heterocycles. The van der Waals surface area contributed by atoms with E-state index in [1.807, 2.05) is 24.0 Å². The highest BCUT2D eigenvalue weighted by Crippen LogP contribution is 2.23. The highest BCUT2D eigenvalue weighted by atomic mass is 35.5. The Balaban J connectivity index is 1.87. The van der Waals surface area contributed by atoms with Crippen LogP contribution in [0.4, 0.5) is 0 Å². The molecule has 3 nitrogen and oxygen atoms in total. The van der Waals surface area contributed by atoms with Crippen LogP contribution in [0.25, 0.3) is 0 Å². The highest BCUT2D eigenvalue weighted by Gasteiger charge is 2.20. The van der Waals surface area contributed by atoms with Crippen LogP contribution in [0.1, 0.15) is 18.9 Å². The van der Waals surface area contributed by atoms with Crippen LogP contribution in [-0.2, 0) is 16.0 Å². The van der Waals surface area contributed by atoms with Crippen molar-refractivity contribution >= 4 is 29.1 Å². The summed E-state index contributed by atoms with van der Waals surface area (Å²) >= 11 is 11.8. The molecule has 0 saturated carbocycles. The molecule has 1 aromatic carbocycles. The van der Waals surface area contributed by atoms with Crippen molar-refractivity contribution in [3.8, 4) is 0 Å². The Morgan fingerprint density at radius 2 is 2.21 bits per heavy atom. The maximum absolute atomic E-state index is 12.1. The van der Waals surface area contributed by atoms with Gasteiger partial charge in [-0.1, -0.05) is 29.3 Å². The zero-order chi connectivity index (χ0) is 13.8. The largest absolute Gasteiger partial charge is 0.375 e. The van der Waals surface area contributed by atoms with Crippen LogP contribution in [0.5, 0.6) is 0 Å². The van der Waals surface area contributed by atoms with Crippen LogP contribution in [0.3, 0.4) is 0 Å². The van der Waals surface area contributed by atoms with E-state index in [1.54, 1.807) is 6.07 Å². The first-order valence-electron chi connectivity index (χ1n) is 6.39. The molecule has 0 radical (unpaired) electrons. The third kappa shape index (κ3) is 4.10. The van der Waals surface area contributed by atoms with Gasteiger partial charge in [-0.2, -0.15) is 0 Å². The maximum atomic E-state index is 12.1. The SMILES string of the molecule is CC1CN(C(=O)CCc2ccc(Cl)c(Cl)c2)CCO1. The van der Waals surface area contributed by atoms with E-state index in [9.17, 15) is 4.79 Å². The smallest absolute Gasteiger partial charge is 0.223 e. The molecule has 0 aliphatic carbocycles. The molecule has 0 N–H and O–H groups in total. The topological polar surface area (TPSA) is 29.5 Å². The molecule has 1 fully saturated rings. The molecular weight excluding hydrogens is 285 g/mol. The van der Waals surface area contributed by atoms with Gasteiger partial charge in [-0.25, -0.2) is 0 Å². The summed E-state index contributed by atoms with van der Waals surface area (Å²) in [5, 5.41) is 1.07. The predicted molar refractivity (Wildman–Crippen MR) is 76.8 cm³/mol. The van der Waals surface area contributed by atoms with Crippen LogP contribution in [0.2, 0.25) is 10.0 Å². The van der Waals surface area contributed by atoms with Gasteiger partial charge in [0.25, 0.3) is 0 Å². The second-order valence-corrected chi connectivity index (χ2v) is 5.58. The molecule has 2 rings (SSSR count). The van der Waals surface area contributed by atoms with Crippen molar-refractivity contribution in [2.45, 2.75) is 25.9 Å². The van der Waals surface area contributed by atoms with Crippen LogP contribution >= 0.6 is 23.2 Å². The van der Waals surface area contributed by atoms with Crippen molar-refractivity contribution in [2.75, 3.05) is 19.7 Å². The Morgan fingerprint density at radius 1 is 1.42 bits per heavy atom. The van der Waals surface area contributed by atoms with Gasteiger partial charge in [0.1, 0.15) is 0 Å². The summed E-state index contributed by atoms with van der Waals surface area (Å²) in [6.07, 6.45) is 1.30. The van der Waals surface area contributed by atoms with E-state index >= 15 is 0 Å². The fourth-order valence-corrected chi connectivity index (χ4v) is 2.47. The highest BCUT2D eigenvalue weighted by molar-refractivity contribution is 6.42. The van der Waals surface area contributed by atoms with Gasteiger partial charge in [-0.05, 0) is 31.0 Å². The molecule has 104 valence electrons. The van der Waals surface area contributed by atoms with E-state index in [1.165, 1.54) is 0 Å². The molecule has 19 heavy (non-hydrogen) atoms. The van der Waals surface area contributed by atoms with Gasteiger partial charge in [0, 0.05) is 19.5 Å². The number of morpholine rings is 1. The lowest BCUT2D eigenvalue weighted by molar-refractivity contribution is -0.138. The lowest BCUT2D eigenvalue weighted by Gasteiger charge is -2.31. The third-order valence-electron chi connectivity index (χ3n) is 3.21. The molecule has 1 unspecified atom stereocenters. The Hall–Kier alpha value is -0.770. The van der Waals surface area contributed by atoms with Crippen LogP contribution in [0.15, 0.2) is 18.2 Å². The molecule has 0 bridgehead atoms. The summed E-state index contributed by atoms with van der Waals surface area (Å²) in [6, 6.07) is 5.49. The normalized spacial score (nSPS) is 19.5. The maximum Gasteiger partial charge on any atom is 0.223 e. The number of ether oxygens (including phenoxy) is 1. The van der Waals surface area contributed by atoms with Crippen LogP contribution < -0.4 is 0 Å². The summed E-state index contributed by atoms with van der Waals surface area (Å²) < 4.78 is 5.42. The second-order valence-electron chi connectivity index (χ2n) is 4.77. The number of hydrogen-bond acceptors (Lipinski definition) is 2. The number of amides is 1.